The Morgan fingerprint density at radius 1 is 1.30 bits per heavy atom. The highest BCUT2D eigenvalue weighted by atomic mass is 32.1. The summed E-state index contributed by atoms with van der Waals surface area (Å²) >= 11 is 1.40. The fourth-order valence-corrected chi connectivity index (χ4v) is 3.95. The quantitative estimate of drug-likeness (QED) is 0.699. The largest absolute Gasteiger partial charge is 0.462 e. The SMILES string of the molecule is CCOC(=O)c1c(NC(=O)CN(C)Cc2cnn(CC)c2C)sc(C)c1C. The van der Waals surface area contributed by atoms with Crippen LogP contribution in [0.15, 0.2) is 6.20 Å². The van der Waals surface area contributed by atoms with Crippen LogP contribution in [-0.4, -0.2) is 46.8 Å². The van der Waals surface area contributed by atoms with Gasteiger partial charge in [-0.15, -0.1) is 11.3 Å². The predicted molar refractivity (Wildman–Crippen MR) is 107 cm³/mol. The number of hydrogen-bond acceptors (Lipinski definition) is 6. The molecule has 0 atom stereocenters. The van der Waals surface area contributed by atoms with Crippen molar-refractivity contribution >= 4 is 28.2 Å². The molecule has 1 N–H and O–H groups in total. The van der Waals surface area contributed by atoms with E-state index in [1.54, 1.807) is 6.92 Å². The Morgan fingerprint density at radius 2 is 2.00 bits per heavy atom. The number of carbonyl (C=O) groups excluding carboxylic acids is 2. The molecule has 0 saturated carbocycles. The normalized spacial score (nSPS) is 11.1. The van der Waals surface area contributed by atoms with Crippen molar-refractivity contribution in [2.75, 3.05) is 25.5 Å². The number of hydrogen-bond donors (Lipinski definition) is 1. The van der Waals surface area contributed by atoms with Gasteiger partial charge in [0.1, 0.15) is 5.00 Å². The first-order valence-electron chi connectivity index (χ1n) is 9.05. The zero-order valence-electron chi connectivity index (χ0n) is 16.9. The number of rotatable bonds is 8. The lowest BCUT2D eigenvalue weighted by Gasteiger charge is -2.16. The van der Waals surface area contributed by atoms with Crippen molar-refractivity contribution in [3.8, 4) is 0 Å². The van der Waals surface area contributed by atoms with Gasteiger partial charge >= 0.3 is 5.97 Å². The van der Waals surface area contributed by atoms with Gasteiger partial charge in [0, 0.05) is 29.2 Å². The van der Waals surface area contributed by atoms with Crippen LogP contribution in [0, 0.1) is 20.8 Å². The molecule has 2 aromatic heterocycles. The van der Waals surface area contributed by atoms with Gasteiger partial charge < -0.3 is 10.1 Å². The van der Waals surface area contributed by atoms with Crippen molar-refractivity contribution in [1.82, 2.24) is 14.7 Å². The minimum Gasteiger partial charge on any atom is -0.462 e. The minimum atomic E-state index is -0.398. The average molecular weight is 393 g/mol. The van der Waals surface area contributed by atoms with Gasteiger partial charge in [-0.25, -0.2) is 4.79 Å². The van der Waals surface area contributed by atoms with Crippen molar-refractivity contribution in [1.29, 1.82) is 0 Å². The van der Waals surface area contributed by atoms with Gasteiger partial charge in [0.25, 0.3) is 0 Å². The second-order valence-electron chi connectivity index (χ2n) is 6.50. The maximum atomic E-state index is 12.5. The Hall–Kier alpha value is -2.19. The number of aromatic nitrogens is 2. The molecule has 0 saturated heterocycles. The molecule has 2 heterocycles. The van der Waals surface area contributed by atoms with E-state index in [9.17, 15) is 9.59 Å². The second-order valence-corrected chi connectivity index (χ2v) is 7.72. The highest BCUT2D eigenvalue weighted by Gasteiger charge is 2.22. The molecule has 0 unspecified atom stereocenters. The van der Waals surface area contributed by atoms with E-state index in [-0.39, 0.29) is 12.5 Å². The van der Waals surface area contributed by atoms with E-state index in [4.69, 9.17) is 4.74 Å². The van der Waals surface area contributed by atoms with Crippen LogP contribution in [0.5, 0.6) is 0 Å². The summed E-state index contributed by atoms with van der Waals surface area (Å²) in [5.41, 5.74) is 3.51. The monoisotopic (exact) mass is 392 g/mol. The smallest absolute Gasteiger partial charge is 0.341 e. The van der Waals surface area contributed by atoms with E-state index >= 15 is 0 Å². The van der Waals surface area contributed by atoms with E-state index in [1.807, 2.05) is 50.5 Å². The maximum Gasteiger partial charge on any atom is 0.341 e. The van der Waals surface area contributed by atoms with Crippen LogP contribution in [-0.2, 0) is 22.6 Å². The molecular weight excluding hydrogens is 364 g/mol. The number of ether oxygens (including phenoxy) is 1. The summed E-state index contributed by atoms with van der Waals surface area (Å²) in [4.78, 5) is 27.6. The molecule has 2 aromatic rings. The first kappa shape index (κ1) is 21.1. The van der Waals surface area contributed by atoms with E-state index in [2.05, 4.69) is 10.4 Å². The standard InChI is InChI=1S/C19H28N4O3S/c1-7-23-13(4)15(9-20-23)10-22(6)11-16(24)21-18-17(19(25)26-8-2)12(3)14(5)27-18/h9H,7-8,10-11H2,1-6H3,(H,21,24). The zero-order chi connectivity index (χ0) is 20.1. The number of nitrogens with one attached hydrogen (secondary N) is 1. The van der Waals surface area contributed by atoms with Gasteiger partial charge in [0.2, 0.25) is 5.91 Å². The van der Waals surface area contributed by atoms with Crippen LogP contribution in [0.2, 0.25) is 0 Å². The fourth-order valence-electron chi connectivity index (χ4n) is 2.88. The molecule has 0 bridgehead atoms. The van der Waals surface area contributed by atoms with E-state index < -0.39 is 5.97 Å². The topological polar surface area (TPSA) is 76.5 Å². The molecule has 8 heteroatoms. The lowest BCUT2D eigenvalue weighted by Crippen LogP contribution is -2.30. The number of esters is 1. The van der Waals surface area contributed by atoms with Gasteiger partial charge in [-0.3, -0.25) is 14.4 Å². The molecule has 1 amide bonds. The van der Waals surface area contributed by atoms with Crippen molar-refractivity contribution < 1.29 is 14.3 Å². The summed E-state index contributed by atoms with van der Waals surface area (Å²) in [5, 5.41) is 7.76. The summed E-state index contributed by atoms with van der Waals surface area (Å²) < 4.78 is 7.06. The highest BCUT2D eigenvalue weighted by molar-refractivity contribution is 7.16. The zero-order valence-corrected chi connectivity index (χ0v) is 17.7. The van der Waals surface area contributed by atoms with Gasteiger partial charge in [-0.1, -0.05) is 0 Å². The number of anilines is 1. The van der Waals surface area contributed by atoms with Crippen molar-refractivity contribution in [3.05, 3.63) is 33.5 Å². The van der Waals surface area contributed by atoms with E-state index in [1.165, 1.54) is 11.3 Å². The molecule has 148 valence electrons. The predicted octanol–water partition coefficient (Wildman–Crippen LogP) is 3.14. The van der Waals surface area contributed by atoms with Crippen LogP contribution in [0.3, 0.4) is 0 Å². The lowest BCUT2D eigenvalue weighted by molar-refractivity contribution is -0.117. The van der Waals surface area contributed by atoms with Crippen LogP contribution < -0.4 is 5.32 Å². The summed E-state index contributed by atoms with van der Waals surface area (Å²) in [6.45, 7) is 11.6. The Kier molecular flexibility index (Phi) is 7.15. The number of carbonyl (C=O) groups is 2. The molecule has 0 fully saturated rings. The van der Waals surface area contributed by atoms with Crippen LogP contribution in [0.25, 0.3) is 0 Å². The Morgan fingerprint density at radius 3 is 2.59 bits per heavy atom. The second kappa shape index (κ2) is 9.14. The average Bonchev–Trinajstić information content (AvgIpc) is 3.07. The minimum absolute atomic E-state index is 0.162. The molecule has 0 radical (unpaired) electrons. The number of amides is 1. The molecule has 7 nitrogen and oxygen atoms in total. The van der Waals surface area contributed by atoms with Crippen molar-refractivity contribution in [2.24, 2.45) is 0 Å². The van der Waals surface area contributed by atoms with Gasteiger partial charge in [0.05, 0.1) is 24.9 Å². The van der Waals surface area contributed by atoms with Crippen LogP contribution in [0.4, 0.5) is 5.00 Å². The summed E-state index contributed by atoms with van der Waals surface area (Å²) in [6.07, 6.45) is 1.85. The first-order valence-corrected chi connectivity index (χ1v) is 9.86. The molecule has 0 aliphatic carbocycles. The first-order chi connectivity index (χ1) is 12.8. The van der Waals surface area contributed by atoms with Gasteiger partial charge in [-0.05, 0) is 47.2 Å². The third kappa shape index (κ3) is 4.95. The van der Waals surface area contributed by atoms with E-state index in [0.717, 1.165) is 28.2 Å². The van der Waals surface area contributed by atoms with Crippen molar-refractivity contribution in [3.63, 3.8) is 0 Å². The number of aryl methyl sites for hydroxylation is 2. The van der Waals surface area contributed by atoms with Gasteiger partial charge in [-0.2, -0.15) is 5.10 Å². The lowest BCUT2D eigenvalue weighted by atomic mass is 10.1. The molecule has 27 heavy (non-hydrogen) atoms. The summed E-state index contributed by atoms with van der Waals surface area (Å²) in [6, 6.07) is 0. The molecular formula is C19H28N4O3S. The van der Waals surface area contributed by atoms with Crippen molar-refractivity contribution in [2.45, 2.75) is 47.7 Å². The Labute approximate surface area is 164 Å². The number of likely N-dealkylation sites (N-methyl/N-ethyl adjacent to an activating group) is 1. The van der Waals surface area contributed by atoms with E-state index in [0.29, 0.717) is 23.7 Å². The number of nitrogens with zero attached hydrogens (tertiary/aromatic N) is 3. The van der Waals surface area contributed by atoms with Gasteiger partial charge in [0.15, 0.2) is 0 Å². The highest BCUT2D eigenvalue weighted by Crippen LogP contribution is 2.33. The molecule has 0 aliphatic rings. The Bertz CT molecular complexity index is 825. The molecule has 0 spiro atoms. The Balaban J connectivity index is 2.04. The molecule has 0 aliphatic heterocycles. The van der Waals surface area contributed by atoms with Crippen LogP contribution >= 0.6 is 11.3 Å². The molecule has 2 rings (SSSR count). The summed E-state index contributed by atoms with van der Waals surface area (Å²) in [7, 11) is 1.89. The fraction of sp³-hybridized carbons (Fsp3) is 0.526. The third-order valence-electron chi connectivity index (χ3n) is 4.48. The number of thiophene rings is 1. The van der Waals surface area contributed by atoms with Crippen LogP contribution in [0.1, 0.15) is 45.9 Å². The third-order valence-corrected chi connectivity index (χ3v) is 5.60. The summed E-state index contributed by atoms with van der Waals surface area (Å²) in [5.74, 6) is -0.560. The molecule has 0 aromatic carbocycles. The maximum absolute atomic E-state index is 12.5.